The van der Waals surface area contributed by atoms with Crippen molar-refractivity contribution in [2.24, 2.45) is 0 Å². The minimum atomic E-state index is -2.36. The van der Waals surface area contributed by atoms with Gasteiger partial charge in [-0.25, -0.2) is 4.79 Å². The normalized spacial score (nSPS) is 15.8. The Morgan fingerprint density at radius 2 is 1.41 bits per heavy atom. The fourth-order valence-electron chi connectivity index (χ4n) is 4.04. The Kier molecular flexibility index (Phi) is 6.77. The van der Waals surface area contributed by atoms with Gasteiger partial charge < -0.3 is 15.0 Å². The summed E-state index contributed by atoms with van der Waals surface area (Å²) in [5, 5.41) is 6.31. The second-order valence-electron chi connectivity index (χ2n) is 7.65. The van der Waals surface area contributed by atoms with Crippen LogP contribution in [0.5, 0.6) is 0 Å². The van der Waals surface area contributed by atoms with Gasteiger partial charge in [0.1, 0.15) is 6.10 Å². The van der Waals surface area contributed by atoms with Gasteiger partial charge in [0, 0.05) is 12.3 Å². The van der Waals surface area contributed by atoms with Gasteiger partial charge in [0.25, 0.3) is 0 Å². The number of hydrogen-bond donors (Lipinski definition) is 1. The third kappa shape index (κ3) is 4.49. The number of carbonyl (C=O) groups is 2. The Hall–Kier alpha value is -3.30. The highest BCUT2D eigenvalue weighted by molar-refractivity contribution is 7.95. The molecule has 0 saturated carbocycles. The number of benzene rings is 3. The second-order valence-corrected chi connectivity index (χ2v) is 10.9. The van der Waals surface area contributed by atoms with Gasteiger partial charge in [-0.3, -0.25) is 4.79 Å². The summed E-state index contributed by atoms with van der Waals surface area (Å²) >= 11 is 0. The van der Waals surface area contributed by atoms with Crippen molar-refractivity contribution in [3.8, 4) is 0 Å². The molecule has 1 fully saturated rings. The Morgan fingerprint density at radius 3 is 1.81 bits per heavy atom. The molecule has 1 aliphatic rings. The number of cyclic esters (lactones) is 1. The fraction of sp³-hybridized carbons (Fsp3) is 0.192. The molecule has 0 aromatic heterocycles. The van der Waals surface area contributed by atoms with Crippen molar-refractivity contribution >= 4 is 40.6 Å². The number of carbonyl (C=O) groups excluding carboxylic acids is 2. The van der Waals surface area contributed by atoms with Crippen LogP contribution in [-0.2, 0) is 9.53 Å². The van der Waals surface area contributed by atoms with Gasteiger partial charge in [-0.2, -0.15) is 0 Å². The molecule has 1 N–H and O–H groups in total. The van der Waals surface area contributed by atoms with E-state index in [1.54, 1.807) is 4.90 Å². The summed E-state index contributed by atoms with van der Waals surface area (Å²) in [4.78, 5) is 26.7. The first-order chi connectivity index (χ1) is 15.6. The third-order valence-electron chi connectivity index (χ3n) is 5.64. The Bertz CT molecular complexity index is 1010. The van der Waals surface area contributed by atoms with Crippen LogP contribution in [-0.4, -0.2) is 48.4 Å². The van der Waals surface area contributed by atoms with E-state index >= 15 is 0 Å². The number of rotatable bonds is 7. The highest BCUT2D eigenvalue weighted by Crippen LogP contribution is 2.43. The first-order valence-corrected chi connectivity index (χ1v) is 12.6. The van der Waals surface area contributed by atoms with Crippen molar-refractivity contribution in [2.75, 3.05) is 19.6 Å². The Morgan fingerprint density at radius 1 is 0.938 bits per heavy atom. The van der Waals surface area contributed by atoms with E-state index in [0.29, 0.717) is 13.1 Å². The fourth-order valence-corrected chi connectivity index (χ4v) is 7.75. The lowest BCUT2D eigenvalue weighted by atomic mass is 10.3. The van der Waals surface area contributed by atoms with E-state index in [2.05, 4.69) is 41.7 Å². The molecule has 1 heterocycles. The van der Waals surface area contributed by atoms with Crippen LogP contribution in [0.2, 0.25) is 0 Å². The molecule has 3 aromatic rings. The van der Waals surface area contributed by atoms with Gasteiger partial charge in [0.15, 0.2) is 0 Å². The quantitative estimate of drug-likeness (QED) is 0.568. The van der Waals surface area contributed by atoms with Crippen LogP contribution in [0.1, 0.15) is 6.92 Å². The van der Waals surface area contributed by atoms with Crippen molar-refractivity contribution in [3.63, 3.8) is 0 Å². The van der Waals surface area contributed by atoms with Gasteiger partial charge in [-0.1, -0.05) is 91.0 Å². The number of likely N-dealkylation sites (N-methyl/N-ethyl adjacent to an activating group) is 1. The number of nitrogens with zero attached hydrogens (tertiary/aromatic N) is 1. The van der Waals surface area contributed by atoms with Crippen LogP contribution in [0, 0.1) is 0 Å². The zero-order chi connectivity index (χ0) is 22.4. The lowest BCUT2D eigenvalue weighted by molar-refractivity contribution is -0.114. The summed E-state index contributed by atoms with van der Waals surface area (Å²) in [6.07, 6.45) is -0.659. The van der Waals surface area contributed by atoms with Crippen LogP contribution in [0.15, 0.2) is 91.0 Å². The van der Waals surface area contributed by atoms with E-state index in [9.17, 15) is 9.59 Å². The molecule has 0 radical (unpaired) electrons. The van der Waals surface area contributed by atoms with Crippen LogP contribution in [0.25, 0.3) is 0 Å². The molecule has 0 spiro atoms. The first kappa shape index (κ1) is 21.9. The Balaban J connectivity index is 1.75. The van der Waals surface area contributed by atoms with Crippen LogP contribution >= 0.6 is 6.89 Å². The van der Waals surface area contributed by atoms with E-state index in [4.69, 9.17) is 4.74 Å². The highest BCUT2D eigenvalue weighted by Gasteiger charge is 2.31. The maximum atomic E-state index is 13.3. The molecule has 164 valence electrons. The van der Waals surface area contributed by atoms with Crippen molar-refractivity contribution in [1.29, 1.82) is 0 Å². The predicted molar refractivity (Wildman–Crippen MR) is 132 cm³/mol. The maximum absolute atomic E-state index is 13.3. The van der Waals surface area contributed by atoms with Gasteiger partial charge in [0.05, 0.1) is 13.1 Å². The second kappa shape index (κ2) is 9.88. The SMILES string of the molecule is CCN1CC(CNC(=O)C=P(c2ccccc2)(c2ccccc2)c2ccccc2)OC1=O. The van der Waals surface area contributed by atoms with Crippen molar-refractivity contribution in [1.82, 2.24) is 10.2 Å². The third-order valence-corrected chi connectivity index (χ3v) is 9.60. The Labute approximate surface area is 189 Å². The monoisotopic (exact) mass is 446 g/mol. The van der Waals surface area contributed by atoms with Gasteiger partial charge in [-0.05, 0) is 29.7 Å². The number of nitrogens with one attached hydrogen (secondary N) is 1. The first-order valence-electron chi connectivity index (χ1n) is 10.8. The zero-order valence-electron chi connectivity index (χ0n) is 18.1. The van der Waals surface area contributed by atoms with Gasteiger partial charge in [-0.15, -0.1) is 0 Å². The molecule has 1 unspecified atom stereocenters. The molecular formula is C26H27N2O3P. The van der Waals surface area contributed by atoms with E-state index in [0.717, 1.165) is 15.9 Å². The number of hydrogen-bond acceptors (Lipinski definition) is 3. The molecule has 4 rings (SSSR count). The maximum Gasteiger partial charge on any atom is 0.410 e. The predicted octanol–water partition coefficient (Wildman–Crippen LogP) is 2.74. The van der Waals surface area contributed by atoms with E-state index in [1.165, 1.54) is 0 Å². The van der Waals surface area contributed by atoms with E-state index in [-0.39, 0.29) is 24.6 Å². The topological polar surface area (TPSA) is 58.6 Å². The zero-order valence-corrected chi connectivity index (χ0v) is 18.9. The summed E-state index contributed by atoms with van der Waals surface area (Å²) in [6, 6.07) is 30.6. The standard InChI is InChI=1S/C26H27N2O3P/c1-2-28-19-21(31-26(28)30)18-27-25(29)20-32(22-12-6-3-7-13-22,23-14-8-4-9-15-23)24-16-10-5-11-17-24/h3-17,20-21H,2,18-19H2,1H3,(H,27,29). The summed E-state index contributed by atoms with van der Waals surface area (Å²) in [5.74, 6) is 1.68. The van der Waals surface area contributed by atoms with Crippen molar-refractivity contribution in [3.05, 3.63) is 91.0 Å². The largest absolute Gasteiger partial charge is 0.442 e. The summed E-state index contributed by atoms with van der Waals surface area (Å²) in [6.45, 7) is 0.932. The molecule has 1 aliphatic heterocycles. The summed E-state index contributed by atoms with van der Waals surface area (Å²) < 4.78 is 5.37. The summed E-state index contributed by atoms with van der Waals surface area (Å²) in [5.41, 5.74) is 0. The van der Waals surface area contributed by atoms with E-state index < -0.39 is 6.89 Å². The smallest absolute Gasteiger partial charge is 0.410 e. The van der Waals surface area contributed by atoms with Gasteiger partial charge in [0.2, 0.25) is 5.91 Å². The average Bonchev–Trinajstić information content (AvgIpc) is 3.22. The molecule has 5 nitrogen and oxygen atoms in total. The molecule has 0 bridgehead atoms. The number of amides is 2. The molecule has 6 heteroatoms. The molecular weight excluding hydrogens is 419 g/mol. The van der Waals surface area contributed by atoms with Crippen molar-refractivity contribution in [2.45, 2.75) is 13.0 Å². The van der Waals surface area contributed by atoms with Gasteiger partial charge >= 0.3 is 6.09 Å². The lowest BCUT2D eigenvalue weighted by Gasteiger charge is -2.28. The highest BCUT2D eigenvalue weighted by atomic mass is 31.2. The molecule has 1 atom stereocenters. The summed E-state index contributed by atoms with van der Waals surface area (Å²) in [7, 11) is 0. The lowest BCUT2D eigenvalue weighted by Crippen LogP contribution is -2.37. The van der Waals surface area contributed by atoms with Crippen LogP contribution < -0.4 is 21.2 Å². The molecule has 1 saturated heterocycles. The van der Waals surface area contributed by atoms with Crippen molar-refractivity contribution < 1.29 is 14.3 Å². The van der Waals surface area contributed by atoms with Crippen LogP contribution in [0.4, 0.5) is 4.79 Å². The minimum Gasteiger partial charge on any atom is -0.442 e. The average molecular weight is 446 g/mol. The van der Waals surface area contributed by atoms with Crippen LogP contribution in [0.3, 0.4) is 0 Å². The van der Waals surface area contributed by atoms with E-state index in [1.807, 2.05) is 67.3 Å². The number of ether oxygens (including phenoxy) is 1. The molecule has 3 aromatic carbocycles. The molecule has 2 amide bonds. The molecule has 32 heavy (non-hydrogen) atoms. The molecule has 0 aliphatic carbocycles. The minimum absolute atomic E-state index is 0.166.